The van der Waals surface area contributed by atoms with Gasteiger partial charge in [-0.15, -0.1) is 0 Å². The summed E-state index contributed by atoms with van der Waals surface area (Å²) in [7, 11) is 4.19. The number of nitrogen functional groups attached to an aromatic ring is 1. The van der Waals surface area contributed by atoms with Crippen LogP contribution in [-0.4, -0.2) is 62.5 Å². The van der Waals surface area contributed by atoms with Crippen molar-refractivity contribution < 1.29 is 4.74 Å². The highest BCUT2D eigenvalue weighted by atomic mass is 16.5. The molecule has 3 N–H and O–H groups in total. The van der Waals surface area contributed by atoms with Crippen LogP contribution in [0, 0.1) is 5.41 Å². The van der Waals surface area contributed by atoms with E-state index in [-0.39, 0.29) is 5.84 Å². The van der Waals surface area contributed by atoms with Crippen LogP contribution in [-0.2, 0) is 0 Å². The Kier molecular flexibility index (Phi) is 7.79. The van der Waals surface area contributed by atoms with Crippen molar-refractivity contribution in [2.45, 2.75) is 13.3 Å². The number of benzene rings is 1. The molecule has 1 aromatic rings. The lowest BCUT2D eigenvalue weighted by atomic mass is 10.2. The highest BCUT2D eigenvalue weighted by molar-refractivity contribution is 5.94. The van der Waals surface area contributed by atoms with Crippen molar-refractivity contribution in [1.82, 2.24) is 9.80 Å². The first-order valence-electron chi connectivity index (χ1n) is 7.47. The van der Waals surface area contributed by atoms with Crippen molar-refractivity contribution in [3.05, 3.63) is 29.8 Å². The molecule has 0 fully saturated rings. The normalized spacial score (nSPS) is 11.1. The molecular weight excluding hydrogens is 264 g/mol. The van der Waals surface area contributed by atoms with Crippen molar-refractivity contribution in [3.8, 4) is 5.75 Å². The molecule has 0 saturated carbocycles. The Morgan fingerprint density at radius 2 is 1.76 bits per heavy atom. The lowest BCUT2D eigenvalue weighted by molar-refractivity contribution is 0.194. The van der Waals surface area contributed by atoms with Gasteiger partial charge in [-0.2, -0.15) is 0 Å². The molecule has 0 atom stereocenters. The monoisotopic (exact) mass is 292 g/mol. The van der Waals surface area contributed by atoms with Gasteiger partial charge >= 0.3 is 0 Å². The maximum atomic E-state index is 7.35. The van der Waals surface area contributed by atoms with Gasteiger partial charge < -0.3 is 15.4 Å². The maximum Gasteiger partial charge on any atom is 0.122 e. The Labute approximate surface area is 128 Å². The predicted molar refractivity (Wildman–Crippen MR) is 88.2 cm³/mol. The van der Waals surface area contributed by atoms with Crippen LogP contribution >= 0.6 is 0 Å². The number of hydrogen-bond acceptors (Lipinski definition) is 4. The van der Waals surface area contributed by atoms with Crippen molar-refractivity contribution in [1.29, 1.82) is 5.41 Å². The van der Waals surface area contributed by atoms with Crippen molar-refractivity contribution >= 4 is 5.84 Å². The van der Waals surface area contributed by atoms with Gasteiger partial charge in [0.05, 0.1) is 0 Å². The molecule has 21 heavy (non-hydrogen) atoms. The van der Waals surface area contributed by atoms with E-state index >= 15 is 0 Å². The fraction of sp³-hybridized carbons (Fsp3) is 0.562. The summed E-state index contributed by atoms with van der Waals surface area (Å²) in [5.41, 5.74) is 6.15. The molecule has 0 saturated heterocycles. The highest BCUT2D eigenvalue weighted by Crippen LogP contribution is 2.11. The maximum absolute atomic E-state index is 7.35. The number of nitrogens with two attached hydrogens (primary N) is 1. The Morgan fingerprint density at radius 3 is 2.29 bits per heavy atom. The van der Waals surface area contributed by atoms with E-state index in [1.165, 1.54) is 0 Å². The van der Waals surface area contributed by atoms with Gasteiger partial charge in [0.1, 0.15) is 18.2 Å². The van der Waals surface area contributed by atoms with E-state index in [2.05, 4.69) is 30.8 Å². The smallest absolute Gasteiger partial charge is 0.122 e. The van der Waals surface area contributed by atoms with E-state index in [9.17, 15) is 0 Å². The number of nitrogens with zero attached hydrogens (tertiary/aromatic N) is 2. The number of likely N-dealkylation sites (N-methyl/N-ethyl adjacent to an activating group) is 1. The molecule has 0 radical (unpaired) electrons. The van der Waals surface area contributed by atoms with Crippen LogP contribution in [0.25, 0.3) is 0 Å². The topological polar surface area (TPSA) is 65.6 Å². The van der Waals surface area contributed by atoms with E-state index in [0.29, 0.717) is 6.61 Å². The minimum absolute atomic E-state index is 0.0827. The largest absolute Gasteiger partial charge is 0.492 e. The average molecular weight is 292 g/mol. The molecule has 0 spiro atoms. The summed E-state index contributed by atoms with van der Waals surface area (Å²) < 4.78 is 5.76. The van der Waals surface area contributed by atoms with Crippen LogP contribution in [0.4, 0.5) is 0 Å². The van der Waals surface area contributed by atoms with Crippen LogP contribution in [0.2, 0.25) is 0 Å². The standard InChI is InChI=1S/C16H28N4O/c1-4-9-20(11-10-19(2)3)12-13-21-15-7-5-14(6-8-15)16(17)18/h5-8H,4,9-13H2,1-3H3,(H3,17,18). The molecule has 1 rings (SSSR count). The van der Waals surface area contributed by atoms with Crippen LogP contribution in [0.1, 0.15) is 18.9 Å². The first-order chi connectivity index (χ1) is 10.0. The van der Waals surface area contributed by atoms with E-state index in [4.69, 9.17) is 15.9 Å². The summed E-state index contributed by atoms with van der Waals surface area (Å²) in [5.74, 6) is 0.906. The fourth-order valence-electron chi connectivity index (χ4n) is 2.02. The number of rotatable bonds is 10. The minimum Gasteiger partial charge on any atom is -0.492 e. The molecule has 0 heterocycles. The third-order valence-electron chi connectivity index (χ3n) is 3.24. The van der Waals surface area contributed by atoms with Gasteiger partial charge in [-0.1, -0.05) is 6.92 Å². The van der Waals surface area contributed by atoms with Gasteiger partial charge in [-0.3, -0.25) is 10.3 Å². The molecule has 0 bridgehead atoms. The molecule has 0 amide bonds. The quantitative estimate of drug-likeness (QED) is 0.508. The predicted octanol–water partition coefficient (Wildman–Crippen LogP) is 1.62. The average Bonchev–Trinajstić information content (AvgIpc) is 2.45. The second-order valence-corrected chi connectivity index (χ2v) is 5.43. The molecule has 0 aromatic heterocycles. The number of ether oxygens (including phenoxy) is 1. The molecule has 0 aliphatic carbocycles. The van der Waals surface area contributed by atoms with Crippen LogP contribution in [0.15, 0.2) is 24.3 Å². The third-order valence-corrected chi connectivity index (χ3v) is 3.24. The van der Waals surface area contributed by atoms with Gasteiger partial charge in [0.15, 0.2) is 0 Å². The van der Waals surface area contributed by atoms with Gasteiger partial charge in [0.25, 0.3) is 0 Å². The zero-order valence-corrected chi connectivity index (χ0v) is 13.4. The summed E-state index contributed by atoms with van der Waals surface area (Å²) in [6.45, 7) is 7.02. The lowest BCUT2D eigenvalue weighted by Crippen LogP contribution is -2.35. The Balaban J connectivity index is 2.36. The van der Waals surface area contributed by atoms with E-state index in [1.54, 1.807) is 0 Å². The van der Waals surface area contributed by atoms with Gasteiger partial charge in [-0.25, -0.2) is 0 Å². The fourth-order valence-corrected chi connectivity index (χ4v) is 2.02. The molecule has 0 unspecified atom stereocenters. The second kappa shape index (κ2) is 9.37. The first kappa shape index (κ1) is 17.5. The van der Waals surface area contributed by atoms with E-state index in [1.807, 2.05) is 24.3 Å². The second-order valence-electron chi connectivity index (χ2n) is 5.43. The Hall–Kier alpha value is -1.59. The van der Waals surface area contributed by atoms with Gasteiger partial charge in [-0.05, 0) is 51.3 Å². The Bertz CT molecular complexity index is 417. The molecular formula is C16H28N4O. The zero-order chi connectivity index (χ0) is 15.7. The molecule has 1 aromatic carbocycles. The van der Waals surface area contributed by atoms with Crippen molar-refractivity contribution in [3.63, 3.8) is 0 Å². The van der Waals surface area contributed by atoms with E-state index in [0.717, 1.165) is 43.9 Å². The van der Waals surface area contributed by atoms with Crippen molar-refractivity contribution in [2.75, 3.05) is 46.9 Å². The molecule has 118 valence electrons. The number of nitrogens with one attached hydrogen (secondary N) is 1. The zero-order valence-electron chi connectivity index (χ0n) is 13.4. The molecule has 0 aliphatic heterocycles. The molecule has 5 heteroatoms. The van der Waals surface area contributed by atoms with Crippen LogP contribution in [0.3, 0.4) is 0 Å². The SMILES string of the molecule is CCCN(CCOc1ccc(C(=N)N)cc1)CCN(C)C. The van der Waals surface area contributed by atoms with Gasteiger partial charge in [0.2, 0.25) is 0 Å². The highest BCUT2D eigenvalue weighted by Gasteiger charge is 2.05. The van der Waals surface area contributed by atoms with Gasteiger partial charge in [0, 0.05) is 25.2 Å². The van der Waals surface area contributed by atoms with Crippen LogP contribution < -0.4 is 10.5 Å². The van der Waals surface area contributed by atoms with Crippen LogP contribution in [0.5, 0.6) is 5.75 Å². The number of amidine groups is 1. The Morgan fingerprint density at radius 1 is 1.10 bits per heavy atom. The van der Waals surface area contributed by atoms with Crippen molar-refractivity contribution in [2.24, 2.45) is 5.73 Å². The summed E-state index contributed by atoms with van der Waals surface area (Å²) in [6.07, 6.45) is 1.15. The summed E-state index contributed by atoms with van der Waals surface area (Å²) in [6, 6.07) is 7.35. The first-order valence-corrected chi connectivity index (χ1v) is 7.47. The van der Waals surface area contributed by atoms with E-state index < -0.39 is 0 Å². The summed E-state index contributed by atoms with van der Waals surface area (Å²) in [5, 5.41) is 7.35. The molecule has 5 nitrogen and oxygen atoms in total. The number of hydrogen-bond donors (Lipinski definition) is 2. The third kappa shape index (κ3) is 7.11. The summed E-state index contributed by atoms with van der Waals surface area (Å²) in [4.78, 5) is 4.62. The summed E-state index contributed by atoms with van der Waals surface area (Å²) >= 11 is 0. The minimum atomic E-state index is 0.0827. The lowest BCUT2D eigenvalue weighted by Gasteiger charge is -2.23. The molecule has 0 aliphatic rings.